The van der Waals surface area contributed by atoms with Gasteiger partial charge < -0.3 is 0 Å². The molecule has 2 rings (SSSR count). The minimum absolute atomic E-state index is 0.150. The van der Waals surface area contributed by atoms with E-state index in [0.717, 1.165) is 5.39 Å². The molecule has 0 amide bonds. The summed E-state index contributed by atoms with van der Waals surface area (Å²) in [5, 5.41) is 1.64. The molecule has 0 fully saturated rings. The fraction of sp³-hybridized carbons (Fsp3) is 0.231. The highest BCUT2D eigenvalue weighted by Crippen LogP contribution is 2.15. The molecular formula is C13H15F. The van der Waals surface area contributed by atoms with Crippen molar-refractivity contribution in [2.24, 2.45) is 0 Å². The standard InChI is InChI=1S/C10H7F.C3H8/c11-10-7-3-5-8-4-1-2-6-9(8)10;1-3-2/h1-7H;3H2,1-2H3. The van der Waals surface area contributed by atoms with E-state index in [2.05, 4.69) is 13.8 Å². The molecule has 1 heteroatoms. The topological polar surface area (TPSA) is 0 Å². The quantitative estimate of drug-likeness (QED) is 0.577. The second-order valence-corrected chi connectivity index (χ2v) is 3.17. The predicted molar refractivity (Wildman–Crippen MR) is 59.9 cm³/mol. The van der Waals surface area contributed by atoms with Crippen molar-refractivity contribution in [3.05, 3.63) is 48.3 Å². The van der Waals surface area contributed by atoms with Crippen LogP contribution in [0.4, 0.5) is 4.39 Å². The molecule has 2 aromatic rings. The highest BCUT2D eigenvalue weighted by molar-refractivity contribution is 5.82. The van der Waals surface area contributed by atoms with E-state index in [1.54, 1.807) is 12.1 Å². The number of hydrogen-bond donors (Lipinski definition) is 0. The van der Waals surface area contributed by atoms with Crippen LogP contribution in [0.1, 0.15) is 20.3 Å². The van der Waals surface area contributed by atoms with Crippen molar-refractivity contribution in [2.45, 2.75) is 20.3 Å². The van der Waals surface area contributed by atoms with Gasteiger partial charge in [-0.05, 0) is 11.5 Å². The lowest BCUT2D eigenvalue weighted by Crippen LogP contribution is -1.76. The minimum Gasteiger partial charge on any atom is -0.206 e. The Morgan fingerprint density at radius 3 is 2.14 bits per heavy atom. The van der Waals surface area contributed by atoms with Crippen molar-refractivity contribution in [2.75, 3.05) is 0 Å². The van der Waals surface area contributed by atoms with Crippen LogP contribution in [-0.4, -0.2) is 0 Å². The zero-order valence-electron chi connectivity index (χ0n) is 8.63. The highest BCUT2D eigenvalue weighted by Gasteiger charge is 1.95. The smallest absolute Gasteiger partial charge is 0.131 e. The molecule has 0 aliphatic rings. The summed E-state index contributed by atoms with van der Waals surface area (Å²) < 4.78 is 13.0. The molecule has 0 aliphatic carbocycles. The molecule has 0 radical (unpaired) electrons. The minimum atomic E-state index is -0.150. The molecule has 0 heterocycles. The zero-order chi connectivity index (χ0) is 10.4. The molecule has 0 atom stereocenters. The molecule has 0 unspecified atom stereocenters. The van der Waals surface area contributed by atoms with Crippen LogP contribution in [-0.2, 0) is 0 Å². The van der Waals surface area contributed by atoms with Gasteiger partial charge in [0, 0.05) is 5.39 Å². The molecule has 0 nitrogen and oxygen atoms in total. The van der Waals surface area contributed by atoms with Gasteiger partial charge in [0.25, 0.3) is 0 Å². The second-order valence-electron chi connectivity index (χ2n) is 3.17. The van der Waals surface area contributed by atoms with Crippen molar-refractivity contribution in [3.63, 3.8) is 0 Å². The van der Waals surface area contributed by atoms with E-state index in [1.165, 1.54) is 12.5 Å². The largest absolute Gasteiger partial charge is 0.206 e. The van der Waals surface area contributed by atoms with Gasteiger partial charge in [-0.1, -0.05) is 56.7 Å². The van der Waals surface area contributed by atoms with Gasteiger partial charge in [0.05, 0.1) is 0 Å². The Balaban J connectivity index is 0.000000293. The van der Waals surface area contributed by atoms with Crippen LogP contribution in [0.2, 0.25) is 0 Å². The van der Waals surface area contributed by atoms with Gasteiger partial charge in [-0.15, -0.1) is 0 Å². The van der Waals surface area contributed by atoms with E-state index in [9.17, 15) is 4.39 Å². The van der Waals surface area contributed by atoms with Gasteiger partial charge in [0.15, 0.2) is 0 Å². The van der Waals surface area contributed by atoms with Crippen molar-refractivity contribution >= 4 is 10.8 Å². The van der Waals surface area contributed by atoms with Crippen molar-refractivity contribution in [1.29, 1.82) is 0 Å². The van der Waals surface area contributed by atoms with E-state index in [4.69, 9.17) is 0 Å². The summed E-state index contributed by atoms with van der Waals surface area (Å²) in [6, 6.07) is 12.5. The SMILES string of the molecule is CCC.Fc1cccc2ccccc12. The Labute approximate surface area is 84.4 Å². The summed E-state index contributed by atoms with van der Waals surface area (Å²) in [7, 11) is 0. The lowest BCUT2D eigenvalue weighted by molar-refractivity contribution is 0.640. The Hall–Kier alpha value is -1.37. The van der Waals surface area contributed by atoms with E-state index in [1.807, 2.05) is 24.3 Å². The van der Waals surface area contributed by atoms with Gasteiger partial charge >= 0.3 is 0 Å². The van der Waals surface area contributed by atoms with Crippen molar-refractivity contribution in [3.8, 4) is 0 Å². The van der Waals surface area contributed by atoms with Crippen LogP contribution >= 0.6 is 0 Å². The summed E-state index contributed by atoms with van der Waals surface area (Å²) in [6.07, 6.45) is 1.25. The molecule has 0 saturated heterocycles. The molecular weight excluding hydrogens is 175 g/mol. The lowest BCUT2D eigenvalue weighted by atomic mass is 10.1. The Bertz CT molecular complexity index is 388. The average Bonchev–Trinajstić information content (AvgIpc) is 2.20. The number of fused-ring (bicyclic) bond motifs is 1. The monoisotopic (exact) mass is 190 g/mol. The Kier molecular flexibility index (Phi) is 4.11. The summed E-state index contributed by atoms with van der Waals surface area (Å²) >= 11 is 0. The van der Waals surface area contributed by atoms with Crippen LogP contribution in [0.25, 0.3) is 10.8 Å². The van der Waals surface area contributed by atoms with Gasteiger partial charge in [-0.25, -0.2) is 4.39 Å². The first-order valence-corrected chi connectivity index (χ1v) is 4.92. The second kappa shape index (κ2) is 5.38. The maximum absolute atomic E-state index is 13.0. The van der Waals surface area contributed by atoms with Crippen molar-refractivity contribution in [1.82, 2.24) is 0 Å². The molecule has 0 spiro atoms. The maximum atomic E-state index is 13.0. The van der Waals surface area contributed by atoms with E-state index in [0.29, 0.717) is 5.39 Å². The fourth-order valence-electron chi connectivity index (χ4n) is 1.19. The molecule has 0 aliphatic heterocycles. The third-order valence-corrected chi connectivity index (χ3v) is 1.74. The molecule has 0 aromatic heterocycles. The van der Waals surface area contributed by atoms with Crippen LogP contribution in [0.3, 0.4) is 0 Å². The van der Waals surface area contributed by atoms with Gasteiger partial charge in [-0.2, -0.15) is 0 Å². The number of hydrogen-bond acceptors (Lipinski definition) is 0. The predicted octanol–water partition coefficient (Wildman–Crippen LogP) is 4.40. The first-order chi connectivity index (χ1) is 6.79. The van der Waals surface area contributed by atoms with Gasteiger partial charge in [0.1, 0.15) is 5.82 Å². The first-order valence-electron chi connectivity index (χ1n) is 4.92. The van der Waals surface area contributed by atoms with Crippen molar-refractivity contribution < 1.29 is 4.39 Å². The van der Waals surface area contributed by atoms with Gasteiger partial charge in [-0.3, -0.25) is 0 Å². The average molecular weight is 190 g/mol. The fourth-order valence-corrected chi connectivity index (χ4v) is 1.19. The number of benzene rings is 2. The Morgan fingerprint density at radius 1 is 0.929 bits per heavy atom. The number of rotatable bonds is 0. The highest BCUT2D eigenvalue weighted by atomic mass is 19.1. The molecule has 2 aromatic carbocycles. The Morgan fingerprint density at radius 2 is 1.50 bits per heavy atom. The maximum Gasteiger partial charge on any atom is 0.131 e. The third-order valence-electron chi connectivity index (χ3n) is 1.74. The van der Waals surface area contributed by atoms with Crippen LogP contribution in [0.5, 0.6) is 0 Å². The number of halogens is 1. The third kappa shape index (κ3) is 2.56. The summed E-state index contributed by atoms with van der Waals surface area (Å²) in [6.45, 7) is 4.25. The zero-order valence-corrected chi connectivity index (χ0v) is 8.63. The van der Waals surface area contributed by atoms with Crippen LogP contribution in [0, 0.1) is 5.82 Å². The van der Waals surface area contributed by atoms with E-state index in [-0.39, 0.29) is 5.82 Å². The molecule has 0 saturated carbocycles. The molecule has 14 heavy (non-hydrogen) atoms. The first kappa shape index (κ1) is 10.7. The van der Waals surface area contributed by atoms with E-state index < -0.39 is 0 Å². The van der Waals surface area contributed by atoms with Crippen LogP contribution in [0.15, 0.2) is 42.5 Å². The molecule has 0 N–H and O–H groups in total. The normalized spacial score (nSPS) is 9.36. The summed E-state index contributed by atoms with van der Waals surface area (Å²) in [4.78, 5) is 0. The molecule has 74 valence electrons. The lowest BCUT2D eigenvalue weighted by Gasteiger charge is -1.95. The van der Waals surface area contributed by atoms with Crippen LogP contribution < -0.4 is 0 Å². The molecule has 0 bridgehead atoms. The summed E-state index contributed by atoms with van der Waals surface area (Å²) in [5.74, 6) is -0.150. The van der Waals surface area contributed by atoms with E-state index >= 15 is 0 Å². The summed E-state index contributed by atoms with van der Waals surface area (Å²) in [5.41, 5.74) is 0. The van der Waals surface area contributed by atoms with Gasteiger partial charge in [0.2, 0.25) is 0 Å².